The lowest BCUT2D eigenvalue weighted by Crippen LogP contribution is -2.33. The van der Waals surface area contributed by atoms with Crippen molar-refractivity contribution in [3.05, 3.63) is 51.4 Å². The molecule has 0 radical (unpaired) electrons. The molecule has 3 heteroatoms. The number of rotatable bonds is 8. The Morgan fingerprint density at radius 3 is 1.53 bits per heavy atom. The van der Waals surface area contributed by atoms with Crippen molar-refractivity contribution in [1.82, 2.24) is 0 Å². The highest BCUT2D eigenvalue weighted by molar-refractivity contribution is 4.84. The standard InChI is InChI=1S/C12H20O2.C4H6O/c1-3-13-10-12(11-14-4-2)8-6-5-7-9-12;1-3-5-4-2/h3-4H,1-2,5-11H2;3-4H,1-2H2. The first kappa shape index (κ1) is 17.4. The summed E-state index contributed by atoms with van der Waals surface area (Å²) in [7, 11) is 0. The van der Waals surface area contributed by atoms with Crippen LogP contribution in [-0.4, -0.2) is 13.2 Å². The Morgan fingerprint density at radius 2 is 1.21 bits per heavy atom. The molecule has 1 saturated carbocycles. The number of ether oxygens (including phenoxy) is 3. The summed E-state index contributed by atoms with van der Waals surface area (Å²) in [5.74, 6) is 0. The van der Waals surface area contributed by atoms with Crippen molar-refractivity contribution in [3.63, 3.8) is 0 Å². The lowest BCUT2D eigenvalue weighted by atomic mass is 9.75. The fourth-order valence-electron chi connectivity index (χ4n) is 2.17. The predicted molar refractivity (Wildman–Crippen MR) is 79.3 cm³/mol. The Kier molecular flexibility index (Phi) is 10.5. The molecular formula is C16H26O3. The Morgan fingerprint density at radius 1 is 0.737 bits per heavy atom. The minimum absolute atomic E-state index is 0.195. The summed E-state index contributed by atoms with van der Waals surface area (Å²) in [6, 6.07) is 0. The van der Waals surface area contributed by atoms with Crippen LogP contribution in [0.5, 0.6) is 0 Å². The molecule has 1 aliphatic carbocycles. The average molecular weight is 266 g/mol. The highest BCUT2D eigenvalue weighted by Gasteiger charge is 2.33. The second kappa shape index (κ2) is 11.5. The van der Waals surface area contributed by atoms with Gasteiger partial charge < -0.3 is 14.2 Å². The lowest BCUT2D eigenvalue weighted by Gasteiger charge is -2.35. The minimum atomic E-state index is 0.195. The SMILES string of the molecule is C=COC=C.C=COCC1(COC=C)CCCCC1. The van der Waals surface area contributed by atoms with Crippen LogP contribution in [0.3, 0.4) is 0 Å². The molecule has 1 aliphatic rings. The molecule has 1 rings (SSSR count). The van der Waals surface area contributed by atoms with Crippen LogP contribution in [-0.2, 0) is 14.2 Å². The molecular weight excluding hydrogens is 240 g/mol. The summed E-state index contributed by atoms with van der Waals surface area (Å²) < 4.78 is 15.0. The molecule has 0 bridgehead atoms. The van der Waals surface area contributed by atoms with E-state index in [1.165, 1.54) is 57.2 Å². The Bertz CT molecular complexity index is 245. The van der Waals surface area contributed by atoms with Gasteiger partial charge in [0, 0.05) is 5.41 Å². The molecule has 0 atom stereocenters. The maximum atomic E-state index is 5.32. The summed E-state index contributed by atoms with van der Waals surface area (Å²) in [6.45, 7) is 15.1. The normalized spacial score (nSPS) is 16.0. The Hall–Kier alpha value is -1.64. The predicted octanol–water partition coefficient (Wildman–Crippen LogP) is 4.55. The molecule has 0 aromatic rings. The molecule has 1 fully saturated rings. The van der Waals surface area contributed by atoms with E-state index < -0.39 is 0 Å². The molecule has 0 aliphatic heterocycles. The van der Waals surface area contributed by atoms with Crippen molar-refractivity contribution in [1.29, 1.82) is 0 Å². The van der Waals surface area contributed by atoms with Crippen LogP contribution in [0.2, 0.25) is 0 Å². The molecule has 19 heavy (non-hydrogen) atoms. The molecule has 3 nitrogen and oxygen atoms in total. The van der Waals surface area contributed by atoms with Gasteiger partial charge in [-0.1, -0.05) is 45.6 Å². The van der Waals surface area contributed by atoms with Gasteiger partial charge in [-0.3, -0.25) is 0 Å². The first-order chi connectivity index (χ1) is 9.24. The zero-order chi connectivity index (χ0) is 14.4. The monoisotopic (exact) mass is 266 g/mol. The molecule has 0 N–H and O–H groups in total. The van der Waals surface area contributed by atoms with E-state index in [0.717, 1.165) is 13.2 Å². The van der Waals surface area contributed by atoms with E-state index in [1.807, 2.05) is 0 Å². The average Bonchev–Trinajstić information content (AvgIpc) is 2.46. The molecule has 0 aromatic heterocycles. The van der Waals surface area contributed by atoms with Crippen LogP contribution in [0.25, 0.3) is 0 Å². The molecule has 0 saturated heterocycles. The third kappa shape index (κ3) is 8.14. The van der Waals surface area contributed by atoms with Crippen molar-refractivity contribution in [2.75, 3.05) is 13.2 Å². The summed E-state index contributed by atoms with van der Waals surface area (Å²) in [4.78, 5) is 0. The fourth-order valence-corrected chi connectivity index (χ4v) is 2.17. The van der Waals surface area contributed by atoms with E-state index in [2.05, 4.69) is 31.1 Å². The molecule has 0 heterocycles. The smallest absolute Gasteiger partial charge is 0.0961 e. The van der Waals surface area contributed by atoms with Gasteiger partial charge in [0.2, 0.25) is 0 Å². The van der Waals surface area contributed by atoms with Crippen molar-refractivity contribution in [2.45, 2.75) is 32.1 Å². The molecule has 0 amide bonds. The highest BCUT2D eigenvalue weighted by atomic mass is 16.5. The zero-order valence-electron chi connectivity index (χ0n) is 11.8. The second-order valence-corrected chi connectivity index (χ2v) is 4.49. The van der Waals surface area contributed by atoms with Crippen LogP contribution in [0.15, 0.2) is 51.4 Å². The van der Waals surface area contributed by atoms with Gasteiger partial charge >= 0.3 is 0 Å². The second-order valence-electron chi connectivity index (χ2n) is 4.49. The van der Waals surface area contributed by atoms with Gasteiger partial charge in [-0.25, -0.2) is 0 Å². The molecule has 108 valence electrons. The molecule has 0 unspecified atom stereocenters. The molecule has 0 spiro atoms. The Labute approximate surface area is 117 Å². The molecule has 0 aromatic carbocycles. The first-order valence-corrected chi connectivity index (χ1v) is 6.57. The van der Waals surface area contributed by atoms with E-state index in [1.54, 1.807) is 0 Å². The van der Waals surface area contributed by atoms with E-state index in [4.69, 9.17) is 9.47 Å². The number of hydrogen-bond donors (Lipinski definition) is 0. The fraction of sp³-hybridized carbons (Fsp3) is 0.500. The summed E-state index contributed by atoms with van der Waals surface area (Å²) in [6.07, 6.45) is 11.9. The van der Waals surface area contributed by atoms with Gasteiger partial charge in [-0.2, -0.15) is 0 Å². The summed E-state index contributed by atoms with van der Waals surface area (Å²) >= 11 is 0. The van der Waals surface area contributed by atoms with E-state index >= 15 is 0 Å². The van der Waals surface area contributed by atoms with Crippen molar-refractivity contribution in [3.8, 4) is 0 Å². The number of hydrogen-bond acceptors (Lipinski definition) is 3. The largest absolute Gasteiger partial charge is 0.501 e. The maximum Gasteiger partial charge on any atom is 0.0961 e. The third-order valence-electron chi connectivity index (χ3n) is 3.12. The summed E-state index contributed by atoms with van der Waals surface area (Å²) in [5, 5.41) is 0. The first-order valence-electron chi connectivity index (χ1n) is 6.57. The van der Waals surface area contributed by atoms with Crippen molar-refractivity contribution < 1.29 is 14.2 Å². The van der Waals surface area contributed by atoms with Gasteiger partial charge in [0.1, 0.15) is 0 Å². The van der Waals surface area contributed by atoms with Crippen LogP contribution in [0, 0.1) is 5.41 Å². The minimum Gasteiger partial charge on any atom is -0.501 e. The van der Waals surface area contributed by atoms with Crippen LogP contribution < -0.4 is 0 Å². The lowest BCUT2D eigenvalue weighted by molar-refractivity contribution is 0.0107. The van der Waals surface area contributed by atoms with Crippen molar-refractivity contribution in [2.24, 2.45) is 5.41 Å². The quantitative estimate of drug-likeness (QED) is 0.603. The van der Waals surface area contributed by atoms with Crippen molar-refractivity contribution >= 4 is 0 Å². The van der Waals surface area contributed by atoms with Crippen LogP contribution >= 0.6 is 0 Å². The third-order valence-corrected chi connectivity index (χ3v) is 3.12. The van der Waals surface area contributed by atoms with Gasteiger partial charge in [-0.05, 0) is 12.8 Å². The van der Waals surface area contributed by atoms with Gasteiger partial charge in [0.05, 0.1) is 38.3 Å². The topological polar surface area (TPSA) is 27.7 Å². The van der Waals surface area contributed by atoms with Gasteiger partial charge in [0.15, 0.2) is 0 Å². The van der Waals surface area contributed by atoms with E-state index in [0.29, 0.717) is 0 Å². The zero-order valence-corrected chi connectivity index (χ0v) is 11.8. The maximum absolute atomic E-state index is 5.32. The van der Waals surface area contributed by atoms with Gasteiger partial charge in [-0.15, -0.1) is 0 Å². The Balaban J connectivity index is 0.000000555. The van der Waals surface area contributed by atoms with Crippen LogP contribution in [0.1, 0.15) is 32.1 Å². The van der Waals surface area contributed by atoms with E-state index in [-0.39, 0.29) is 5.41 Å². The van der Waals surface area contributed by atoms with Gasteiger partial charge in [0.25, 0.3) is 0 Å². The highest BCUT2D eigenvalue weighted by Crippen LogP contribution is 2.36. The van der Waals surface area contributed by atoms with Crippen LogP contribution in [0.4, 0.5) is 0 Å². The van der Waals surface area contributed by atoms with E-state index in [9.17, 15) is 0 Å². The summed E-state index contributed by atoms with van der Waals surface area (Å²) in [5.41, 5.74) is 0.195.